The molecule has 0 unspecified atom stereocenters. The number of aliphatic hydroxyl groups excluding tert-OH is 2. The molecule has 2 N–H and O–H groups in total. The van der Waals surface area contributed by atoms with Crippen LogP contribution in [0.4, 0.5) is 0 Å². The Morgan fingerprint density at radius 2 is 2.05 bits per heavy atom. The Hall–Kier alpha value is -1.13. The van der Waals surface area contributed by atoms with Gasteiger partial charge in [0.2, 0.25) is 0 Å². The molecular weight excluding hydrogens is 244 g/mol. The highest BCUT2D eigenvalue weighted by molar-refractivity contribution is 5.91. The maximum Gasteiger partial charge on any atom is 0.334 e. The molecule has 1 saturated heterocycles. The first-order valence-corrected chi connectivity index (χ1v) is 6.80. The summed E-state index contributed by atoms with van der Waals surface area (Å²) in [6.07, 6.45) is 0.248. The molecule has 3 rings (SSSR count). The standard InChI is InChI=1S/C15H20O4/c1-7-4-5-10(17)15(3)6-9(16)11-8(2)14(18)19-13(11)12(7)15/h9-13,16-17H,1-2,4-6H2,3H3/t9-,10-,11+,12-,13-,15-/m0/s1. The van der Waals surface area contributed by atoms with Crippen molar-refractivity contribution in [2.45, 2.75) is 44.5 Å². The lowest BCUT2D eigenvalue weighted by Gasteiger charge is -2.54. The number of hydrogen-bond acceptors (Lipinski definition) is 4. The third-order valence-electron chi connectivity index (χ3n) is 5.30. The average Bonchev–Trinajstić information content (AvgIpc) is 2.61. The molecule has 3 fully saturated rings. The summed E-state index contributed by atoms with van der Waals surface area (Å²) in [5, 5.41) is 20.7. The average molecular weight is 264 g/mol. The summed E-state index contributed by atoms with van der Waals surface area (Å²) in [6.45, 7) is 9.81. The summed E-state index contributed by atoms with van der Waals surface area (Å²) in [7, 11) is 0. The van der Waals surface area contributed by atoms with Crippen LogP contribution < -0.4 is 0 Å². The molecule has 0 aromatic rings. The summed E-state index contributed by atoms with van der Waals surface area (Å²) in [5.41, 5.74) is 0.894. The Labute approximate surface area is 112 Å². The fourth-order valence-electron chi connectivity index (χ4n) is 4.26. The van der Waals surface area contributed by atoms with Gasteiger partial charge in [-0.2, -0.15) is 0 Å². The van der Waals surface area contributed by atoms with Crippen molar-refractivity contribution in [3.8, 4) is 0 Å². The SMILES string of the molecule is C=C1C(=O)O[C@H]2[C@H]1[C@@H](O)C[C@@]1(C)[C@@H](O)CCC(=C)[C@@H]21. The summed E-state index contributed by atoms with van der Waals surface area (Å²) >= 11 is 0. The lowest BCUT2D eigenvalue weighted by molar-refractivity contribution is -0.161. The number of carbonyl (C=O) groups excluding carboxylic acids is 1. The van der Waals surface area contributed by atoms with Crippen LogP contribution in [0.25, 0.3) is 0 Å². The van der Waals surface area contributed by atoms with E-state index in [1.807, 2.05) is 6.92 Å². The van der Waals surface area contributed by atoms with Gasteiger partial charge in [-0.05, 0) is 19.3 Å². The van der Waals surface area contributed by atoms with Crippen LogP contribution in [0.1, 0.15) is 26.2 Å². The van der Waals surface area contributed by atoms with Crippen LogP contribution in [0.2, 0.25) is 0 Å². The van der Waals surface area contributed by atoms with Gasteiger partial charge in [-0.3, -0.25) is 0 Å². The van der Waals surface area contributed by atoms with E-state index in [-0.39, 0.29) is 11.8 Å². The smallest absolute Gasteiger partial charge is 0.334 e. The van der Waals surface area contributed by atoms with Gasteiger partial charge in [0.15, 0.2) is 0 Å². The fourth-order valence-corrected chi connectivity index (χ4v) is 4.26. The molecule has 4 nitrogen and oxygen atoms in total. The van der Waals surface area contributed by atoms with Crippen LogP contribution in [0, 0.1) is 17.3 Å². The minimum absolute atomic E-state index is 0.0900. The van der Waals surface area contributed by atoms with E-state index < -0.39 is 29.7 Å². The lowest BCUT2D eigenvalue weighted by Crippen LogP contribution is -2.57. The first-order valence-electron chi connectivity index (χ1n) is 6.80. The molecule has 0 spiro atoms. The molecule has 19 heavy (non-hydrogen) atoms. The van der Waals surface area contributed by atoms with Gasteiger partial charge in [0, 0.05) is 16.9 Å². The van der Waals surface area contributed by atoms with E-state index in [9.17, 15) is 15.0 Å². The predicted molar refractivity (Wildman–Crippen MR) is 69.1 cm³/mol. The second-order valence-corrected chi connectivity index (χ2v) is 6.39. The molecule has 1 heterocycles. The minimum atomic E-state index is -0.689. The Morgan fingerprint density at radius 3 is 2.74 bits per heavy atom. The van der Waals surface area contributed by atoms with Crippen molar-refractivity contribution in [1.82, 2.24) is 0 Å². The highest BCUT2D eigenvalue weighted by Crippen LogP contribution is 2.57. The van der Waals surface area contributed by atoms with Gasteiger partial charge in [0.25, 0.3) is 0 Å². The van der Waals surface area contributed by atoms with Crippen LogP contribution in [-0.2, 0) is 9.53 Å². The van der Waals surface area contributed by atoms with Crippen LogP contribution in [0.3, 0.4) is 0 Å². The zero-order chi connectivity index (χ0) is 13.9. The monoisotopic (exact) mass is 264 g/mol. The van der Waals surface area contributed by atoms with Gasteiger partial charge in [-0.1, -0.05) is 25.7 Å². The topological polar surface area (TPSA) is 66.8 Å². The first-order chi connectivity index (χ1) is 8.86. The normalized spacial score (nSPS) is 49.6. The maximum absolute atomic E-state index is 11.7. The fraction of sp³-hybridized carbons (Fsp3) is 0.667. The van der Waals surface area contributed by atoms with Gasteiger partial charge < -0.3 is 14.9 Å². The first kappa shape index (κ1) is 12.9. The van der Waals surface area contributed by atoms with Crippen molar-refractivity contribution in [3.05, 3.63) is 24.3 Å². The van der Waals surface area contributed by atoms with E-state index in [0.717, 1.165) is 12.0 Å². The molecule has 0 amide bonds. The van der Waals surface area contributed by atoms with Crippen molar-refractivity contribution in [1.29, 1.82) is 0 Å². The highest BCUT2D eigenvalue weighted by atomic mass is 16.6. The van der Waals surface area contributed by atoms with E-state index in [4.69, 9.17) is 4.74 Å². The largest absolute Gasteiger partial charge is 0.458 e. The Balaban J connectivity index is 2.05. The number of esters is 1. The third kappa shape index (κ3) is 1.56. The second kappa shape index (κ2) is 3.93. The third-order valence-corrected chi connectivity index (χ3v) is 5.30. The molecule has 1 aliphatic heterocycles. The zero-order valence-electron chi connectivity index (χ0n) is 11.1. The van der Waals surface area contributed by atoms with Gasteiger partial charge in [-0.25, -0.2) is 4.79 Å². The molecule has 0 aromatic heterocycles. The van der Waals surface area contributed by atoms with Crippen LogP contribution in [0.5, 0.6) is 0 Å². The quantitative estimate of drug-likeness (QED) is 0.392. The summed E-state index contributed by atoms with van der Waals surface area (Å²) in [6, 6.07) is 0. The minimum Gasteiger partial charge on any atom is -0.458 e. The van der Waals surface area contributed by atoms with Crippen molar-refractivity contribution < 1.29 is 19.7 Å². The number of rotatable bonds is 0. The van der Waals surface area contributed by atoms with Crippen LogP contribution in [-0.4, -0.2) is 34.5 Å². The Bertz CT molecular complexity index is 469. The molecular formula is C15H20O4. The van der Waals surface area contributed by atoms with Crippen LogP contribution >= 0.6 is 0 Å². The summed E-state index contributed by atoms with van der Waals surface area (Å²) in [5.74, 6) is -0.869. The second-order valence-electron chi connectivity index (χ2n) is 6.39. The number of carbonyl (C=O) groups is 1. The molecule has 6 atom stereocenters. The maximum atomic E-state index is 11.7. The molecule has 104 valence electrons. The highest BCUT2D eigenvalue weighted by Gasteiger charge is 2.61. The predicted octanol–water partition coefficient (Wildman–Crippen LogP) is 1.18. The number of aliphatic hydroxyl groups is 2. The number of hydrogen-bond donors (Lipinski definition) is 2. The molecule has 0 bridgehead atoms. The van der Waals surface area contributed by atoms with E-state index in [1.54, 1.807) is 0 Å². The molecule has 4 heteroatoms. The van der Waals surface area contributed by atoms with E-state index >= 15 is 0 Å². The molecule has 3 aliphatic rings. The Kier molecular flexibility index (Phi) is 2.67. The van der Waals surface area contributed by atoms with E-state index in [2.05, 4.69) is 13.2 Å². The summed E-state index contributed by atoms with van der Waals surface area (Å²) in [4.78, 5) is 11.7. The van der Waals surface area contributed by atoms with Crippen molar-refractivity contribution in [2.24, 2.45) is 17.3 Å². The van der Waals surface area contributed by atoms with Crippen molar-refractivity contribution in [2.75, 3.05) is 0 Å². The van der Waals surface area contributed by atoms with Gasteiger partial charge in [-0.15, -0.1) is 0 Å². The van der Waals surface area contributed by atoms with Crippen LogP contribution in [0.15, 0.2) is 24.3 Å². The molecule has 2 aliphatic carbocycles. The van der Waals surface area contributed by atoms with Gasteiger partial charge >= 0.3 is 5.97 Å². The van der Waals surface area contributed by atoms with E-state index in [0.29, 0.717) is 18.4 Å². The molecule has 0 aromatic carbocycles. The molecule has 2 saturated carbocycles. The lowest BCUT2D eigenvalue weighted by atomic mass is 9.53. The Morgan fingerprint density at radius 1 is 1.37 bits per heavy atom. The van der Waals surface area contributed by atoms with E-state index in [1.165, 1.54) is 0 Å². The zero-order valence-corrected chi connectivity index (χ0v) is 11.1. The van der Waals surface area contributed by atoms with Gasteiger partial charge in [0.1, 0.15) is 6.10 Å². The summed E-state index contributed by atoms with van der Waals surface area (Å²) < 4.78 is 5.43. The van der Waals surface area contributed by atoms with Gasteiger partial charge in [0.05, 0.1) is 18.1 Å². The van der Waals surface area contributed by atoms with Crippen molar-refractivity contribution >= 4 is 5.97 Å². The number of fused-ring (bicyclic) bond motifs is 3. The van der Waals surface area contributed by atoms with Crippen molar-refractivity contribution in [3.63, 3.8) is 0 Å². The molecule has 0 radical (unpaired) electrons. The number of ether oxygens (including phenoxy) is 1.